The van der Waals surface area contributed by atoms with Gasteiger partial charge in [-0.25, -0.2) is 0 Å². The largest absolute Gasteiger partial charge is 0.340 e. The zero-order chi connectivity index (χ0) is 14.6. The van der Waals surface area contributed by atoms with E-state index in [0.717, 1.165) is 35.4 Å². The molecule has 1 fully saturated rings. The minimum Gasteiger partial charge on any atom is -0.340 e. The summed E-state index contributed by atoms with van der Waals surface area (Å²) in [5.41, 5.74) is 3.75. The third-order valence-corrected chi connectivity index (χ3v) is 4.79. The second kappa shape index (κ2) is 4.60. The van der Waals surface area contributed by atoms with Gasteiger partial charge in [-0.3, -0.25) is 9.48 Å². The first-order chi connectivity index (χ1) is 10.1. The molecule has 21 heavy (non-hydrogen) atoms. The zero-order valence-corrected chi connectivity index (χ0v) is 12.5. The molecule has 2 heterocycles. The van der Waals surface area contributed by atoms with Crippen molar-refractivity contribution in [1.29, 1.82) is 0 Å². The number of nitrogens with one attached hydrogen (secondary N) is 1. The minimum atomic E-state index is -0.112. The number of carbonyl (C=O) groups is 1. The molecule has 1 unspecified atom stereocenters. The Morgan fingerprint density at radius 3 is 2.62 bits per heavy atom. The first-order valence-corrected chi connectivity index (χ1v) is 7.68. The van der Waals surface area contributed by atoms with Crippen LogP contribution in [0.1, 0.15) is 58.7 Å². The normalized spacial score (nSPS) is 21.0. The molecule has 0 spiro atoms. The molecule has 1 aliphatic heterocycles. The molecule has 1 atom stereocenters. The SMILES string of the molecule is Cc1nn(C2CCC2)c2c1C(c1ccc(Cl)cc1)NC2=O. The monoisotopic (exact) mass is 301 g/mol. The molecule has 1 aromatic carbocycles. The Morgan fingerprint density at radius 2 is 2.00 bits per heavy atom. The maximum Gasteiger partial charge on any atom is 0.270 e. The quantitative estimate of drug-likeness (QED) is 0.924. The smallest absolute Gasteiger partial charge is 0.270 e. The van der Waals surface area contributed by atoms with Crippen LogP contribution in [0.3, 0.4) is 0 Å². The van der Waals surface area contributed by atoms with Gasteiger partial charge in [-0.05, 0) is 43.9 Å². The van der Waals surface area contributed by atoms with Gasteiger partial charge in [0, 0.05) is 10.6 Å². The molecular weight excluding hydrogens is 286 g/mol. The molecule has 4 nitrogen and oxygen atoms in total. The first kappa shape index (κ1) is 12.9. The third-order valence-electron chi connectivity index (χ3n) is 4.53. The summed E-state index contributed by atoms with van der Waals surface area (Å²) < 4.78 is 1.94. The standard InChI is InChI=1S/C16H16ClN3O/c1-9-13-14(10-5-7-11(17)8-6-10)18-16(21)15(13)20(19-9)12-3-2-4-12/h5-8,12,14H,2-4H2,1H3,(H,18,21). The summed E-state index contributed by atoms with van der Waals surface area (Å²) in [7, 11) is 0. The Hall–Kier alpha value is -1.81. The van der Waals surface area contributed by atoms with Gasteiger partial charge in [0.15, 0.2) is 0 Å². The third kappa shape index (κ3) is 1.89. The molecule has 5 heteroatoms. The van der Waals surface area contributed by atoms with Crippen LogP contribution < -0.4 is 5.32 Å². The van der Waals surface area contributed by atoms with E-state index in [1.807, 2.05) is 35.9 Å². The van der Waals surface area contributed by atoms with Crippen molar-refractivity contribution in [2.75, 3.05) is 0 Å². The molecule has 2 aliphatic rings. The molecule has 1 aromatic heterocycles. The second-order valence-electron chi connectivity index (χ2n) is 5.84. The lowest BCUT2D eigenvalue weighted by atomic mass is 9.93. The summed E-state index contributed by atoms with van der Waals surface area (Å²) in [4.78, 5) is 12.4. The number of aromatic nitrogens is 2. The fraction of sp³-hybridized carbons (Fsp3) is 0.375. The molecule has 1 amide bonds. The van der Waals surface area contributed by atoms with Gasteiger partial charge in [0.25, 0.3) is 5.91 Å². The molecule has 0 radical (unpaired) electrons. The lowest BCUT2D eigenvalue weighted by Gasteiger charge is -2.26. The van der Waals surface area contributed by atoms with E-state index in [9.17, 15) is 4.79 Å². The average Bonchev–Trinajstić information content (AvgIpc) is 2.90. The summed E-state index contributed by atoms with van der Waals surface area (Å²) in [6, 6.07) is 7.91. The van der Waals surface area contributed by atoms with E-state index in [0.29, 0.717) is 11.1 Å². The zero-order valence-electron chi connectivity index (χ0n) is 11.8. The van der Waals surface area contributed by atoms with Crippen LogP contribution in [0.15, 0.2) is 24.3 Å². The Balaban J connectivity index is 1.80. The van der Waals surface area contributed by atoms with E-state index in [1.54, 1.807) is 0 Å². The van der Waals surface area contributed by atoms with Gasteiger partial charge in [-0.2, -0.15) is 5.10 Å². The number of aryl methyl sites for hydroxylation is 1. The maximum absolute atomic E-state index is 12.4. The molecule has 2 aromatic rings. The number of fused-ring (bicyclic) bond motifs is 1. The molecule has 1 N–H and O–H groups in total. The first-order valence-electron chi connectivity index (χ1n) is 7.30. The van der Waals surface area contributed by atoms with Crippen LogP contribution in [0.5, 0.6) is 0 Å². The van der Waals surface area contributed by atoms with Crippen molar-refractivity contribution >= 4 is 17.5 Å². The summed E-state index contributed by atoms with van der Waals surface area (Å²) in [5.74, 6) is -0.0162. The van der Waals surface area contributed by atoms with E-state index in [4.69, 9.17) is 11.6 Å². The van der Waals surface area contributed by atoms with Gasteiger partial charge < -0.3 is 5.32 Å². The van der Waals surface area contributed by atoms with Crippen LogP contribution in [-0.2, 0) is 0 Å². The molecule has 0 saturated heterocycles. The maximum atomic E-state index is 12.4. The molecular formula is C16H16ClN3O. The summed E-state index contributed by atoms with van der Waals surface area (Å²) >= 11 is 5.95. The molecule has 1 saturated carbocycles. The number of rotatable bonds is 2. The van der Waals surface area contributed by atoms with Crippen molar-refractivity contribution in [3.8, 4) is 0 Å². The van der Waals surface area contributed by atoms with Crippen LogP contribution in [0.25, 0.3) is 0 Å². The van der Waals surface area contributed by atoms with Crippen LogP contribution in [0, 0.1) is 6.92 Å². The fourth-order valence-electron chi connectivity index (χ4n) is 3.20. The molecule has 108 valence electrons. The molecule has 1 aliphatic carbocycles. The van der Waals surface area contributed by atoms with Crippen molar-refractivity contribution < 1.29 is 4.79 Å². The minimum absolute atomic E-state index is 0.0162. The van der Waals surface area contributed by atoms with E-state index in [2.05, 4.69) is 10.4 Å². The van der Waals surface area contributed by atoms with E-state index >= 15 is 0 Å². The summed E-state index contributed by atoms with van der Waals surface area (Å²) in [6.45, 7) is 1.98. The number of carbonyl (C=O) groups excluding carboxylic acids is 1. The molecule has 4 rings (SSSR count). The average molecular weight is 302 g/mol. The Morgan fingerprint density at radius 1 is 1.29 bits per heavy atom. The lowest BCUT2D eigenvalue weighted by molar-refractivity contribution is 0.0943. The van der Waals surface area contributed by atoms with E-state index in [-0.39, 0.29) is 11.9 Å². The summed E-state index contributed by atoms with van der Waals surface area (Å²) in [6.07, 6.45) is 3.46. The van der Waals surface area contributed by atoms with Crippen molar-refractivity contribution in [2.24, 2.45) is 0 Å². The van der Waals surface area contributed by atoms with Gasteiger partial charge in [-0.15, -0.1) is 0 Å². The Labute approximate surface area is 128 Å². The number of halogens is 1. The Bertz CT molecular complexity index is 716. The van der Waals surface area contributed by atoms with Gasteiger partial charge in [0.2, 0.25) is 0 Å². The van der Waals surface area contributed by atoms with Gasteiger partial charge in [-0.1, -0.05) is 23.7 Å². The highest BCUT2D eigenvalue weighted by molar-refractivity contribution is 6.30. The lowest BCUT2D eigenvalue weighted by Crippen LogP contribution is -2.26. The second-order valence-corrected chi connectivity index (χ2v) is 6.27. The predicted octanol–water partition coefficient (Wildman–Crippen LogP) is 3.40. The predicted molar refractivity (Wildman–Crippen MR) is 80.6 cm³/mol. The van der Waals surface area contributed by atoms with Gasteiger partial charge in [0.1, 0.15) is 5.69 Å². The van der Waals surface area contributed by atoms with Crippen molar-refractivity contribution in [3.63, 3.8) is 0 Å². The number of nitrogens with zero attached hydrogens (tertiary/aromatic N) is 2. The molecule has 0 bridgehead atoms. The van der Waals surface area contributed by atoms with Crippen molar-refractivity contribution in [1.82, 2.24) is 15.1 Å². The van der Waals surface area contributed by atoms with E-state index < -0.39 is 0 Å². The van der Waals surface area contributed by atoms with Crippen LogP contribution in [0.2, 0.25) is 5.02 Å². The highest BCUT2D eigenvalue weighted by Gasteiger charge is 2.38. The summed E-state index contributed by atoms with van der Waals surface area (Å²) in [5, 5.41) is 8.40. The topological polar surface area (TPSA) is 46.9 Å². The highest BCUT2D eigenvalue weighted by Crippen LogP contribution is 2.39. The Kier molecular flexibility index (Phi) is 2.82. The highest BCUT2D eigenvalue weighted by atomic mass is 35.5. The van der Waals surface area contributed by atoms with Gasteiger partial charge >= 0.3 is 0 Å². The van der Waals surface area contributed by atoms with Crippen LogP contribution in [0.4, 0.5) is 0 Å². The number of hydrogen-bond acceptors (Lipinski definition) is 2. The van der Waals surface area contributed by atoms with Gasteiger partial charge in [0.05, 0.1) is 17.8 Å². The number of benzene rings is 1. The number of hydrogen-bond donors (Lipinski definition) is 1. The van der Waals surface area contributed by atoms with Crippen LogP contribution in [-0.4, -0.2) is 15.7 Å². The van der Waals surface area contributed by atoms with E-state index in [1.165, 1.54) is 6.42 Å². The van der Waals surface area contributed by atoms with Crippen molar-refractivity contribution in [3.05, 3.63) is 51.8 Å². The number of amides is 1. The fourth-order valence-corrected chi connectivity index (χ4v) is 3.33. The van der Waals surface area contributed by atoms with Crippen LogP contribution >= 0.6 is 11.6 Å². The van der Waals surface area contributed by atoms with Crippen molar-refractivity contribution in [2.45, 2.75) is 38.3 Å².